The Labute approximate surface area is 278 Å². The van der Waals surface area contributed by atoms with Crippen molar-refractivity contribution < 1.29 is 34.1 Å². The predicted molar refractivity (Wildman–Crippen MR) is 177 cm³/mol. The molecule has 11 heteroatoms. The zero-order valence-corrected chi connectivity index (χ0v) is 26.9. The molecule has 250 valence electrons. The molecule has 0 bridgehead atoms. The van der Waals surface area contributed by atoms with E-state index in [-0.39, 0.29) is 47.6 Å². The summed E-state index contributed by atoms with van der Waals surface area (Å²) in [6.45, 7) is 0.913. The molecule has 1 saturated carbocycles. The number of amides is 3. The Bertz CT molecular complexity index is 1810. The van der Waals surface area contributed by atoms with E-state index in [0.717, 1.165) is 48.6 Å². The van der Waals surface area contributed by atoms with Crippen molar-refractivity contribution in [3.05, 3.63) is 66.4 Å². The number of phenols is 1. The zero-order valence-electron chi connectivity index (χ0n) is 26.9. The number of pyridine rings is 1. The lowest BCUT2D eigenvalue weighted by Crippen LogP contribution is -2.55. The van der Waals surface area contributed by atoms with Crippen molar-refractivity contribution >= 4 is 34.6 Å². The molecule has 0 spiro atoms. The van der Waals surface area contributed by atoms with Crippen LogP contribution in [0.4, 0.5) is 0 Å². The third-order valence-electron chi connectivity index (χ3n) is 10.6. The standard InChI is InChI=1S/C37H40N4O7/c1-48-26-14-15-27-28(22-10-12-25(42)13-11-22)17-31(38-30(27)16-26)35(45)40-19-23-20-41-32(43)9-7-5-3-2-4-6-8-24-18-37(24,36(46)47)39-34(44)33(41)29(23)21-40/h6,8,10-17,23-24,29,33,42H,2-5,7,9,18-21H2,1H3,(H,39,44)(H,46,47)/b8-6-/t23-,24+,29-,33-,37+/m0/s1. The van der Waals surface area contributed by atoms with Gasteiger partial charge in [0.15, 0.2) is 0 Å². The van der Waals surface area contributed by atoms with Gasteiger partial charge in [0.2, 0.25) is 11.8 Å². The van der Waals surface area contributed by atoms with Crippen LogP contribution in [0.2, 0.25) is 0 Å². The predicted octanol–water partition coefficient (Wildman–Crippen LogP) is 4.38. The van der Waals surface area contributed by atoms with Crippen LogP contribution in [0.5, 0.6) is 11.5 Å². The number of allylic oxidation sites excluding steroid dienone is 1. The van der Waals surface area contributed by atoms with E-state index in [0.29, 0.717) is 37.2 Å². The van der Waals surface area contributed by atoms with Gasteiger partial charge in [-0.2, -0.15) is 0 Å². The molecule has 48 heavy (non-hydrogen) atoms. The van der Waals surface area contributed by atoms with Gasteiger partial charge in [-0.25, -0.2) is 9.78 Å². The Hall–Kier alpha value is -4.93. The molecule has 3 fully saturated rings. The number of carbonyl (C=O) groups excluding carboxylic acids is 3. The van der Waals surface area contributed by atoms with E-state index in [9.17, 15) is 29.4 Å². The number of nitrogens with zero attached hydrogens (tertiary/aromatic N) is 3. The van der Waals surface area contributed by atoms with Gasteiger partial charge in [0, 0.05) is 55.3 Å². The number of carboxylic acid groups (broad SMARTS) is 1. The summed E-state index contributed by atoms with van der Waals surface area (Å²) >= 11 is 0. The molecule has 5 atom stereocenters. The number of fused-ring (bicyclic) bond motifs is 5. The molecule has 3 aliphatic heterocycles. The molecule has 1 aliphatic carbocycles. The van der Waals surface area contributed by atoms with Gasteiger partial charge in [0.05, 0.1) is 12.6 Å². The van der Waals surface area contributed by atoms with Gasteiger partial charge < -0.3 is 30.1 Å². The summed E-state index contributed by atoms with van der Waals surface area (Å²) in [5.41, 5.74) is 1.01. The average molecular weight is 653 g/mol. The molecule has 4 aliphatic rings. The molecule has 2 aromatic carbocycles. The fourth-order valence-electron chi connectivity index (χ4n) is 7.84. The number of phenolic OH excluding ortho intramolecular Hbond substituents is 1. The lowest BCUT2D eigenvalue weighted by Gasteiger charge is -2.30. The topological polar surface area (TPSA) is 149 Å². The highest BCUT2D eigenvalue weighted by atomic mass is 16.5. The fraction of sp³-hybridized carbons (Fsp3) is 0.432. The second-order valence-corrected chi connectivity index (χ2v) is 13.6. The molecule has 3 N–H and O–H groups in total. The van der Waals surface area contributed by atoms with Crippen molar-refractivity contribution in [2.24, 2.45) is 17.8 Å². The first kappa shape index (κ1) is 31.7. The normalized spacial score (nSPS) is 28.0. The monoisotopic (exact) mass is 652 g/mol. The SMILES string of the molecule is COc1ccc2c(-c3ccc(O)cc3)cc(C(=O)N3C[C@H]4CN5C(=O)CCCCCC/C=C\[C@@H]6C[C@@]6(C(=O)O)NC(=O)[C@@H]5[C@H]4C3)nc2c1. The van der Waals surface area contributed by atoms with E-state index >= 15 is 0 Å². The number of aromatic hydroxyl groups is 1. The second kappa shape index (κ2) is 12.6. The first-order valence-corrected chi connectivity index (χ1v) is 16.8. The number of nitrogens with one attached hydrogen (secondary N) is 1. The summed E-state index contributed by atoms with van der Waals surface area (Å²) in [5.74, 6) is -1.99. The van der Waals surface area contributed by atoms with Gasteiger partial charge in [-0.05, 0) is 67.1 Å². The van der Waals surface area contributed by atoms with Crippen LogP contribution in [0, 0.1) is 17.8 Å². The number of carboxylic acids is 1. The summed E-state index contributed by atoms with van der Waals surface area (Å²) < 4.78 is 5.43. The number of hydrogen-bond donors (Lipinski definition) is 3. The van der Waals surface area contributed by atoms with Gasteiger partial charge in [-0.1, -0.05) is 37.1 Å². The highest BCUT2D eigenvalue weighted by Crippen LogP contribution is 2.46. The maximum Gasteiger partial charge on any atom is 0.330 e. The first-order chi connectivity index (χ1) is 23.2. The van der Waals surface area contributed by atoms with Crippen molar-refractivity contribution in [2.45, 2.75) is 56.5 Å². The molecule has 4 heterocycles. The number of ether oxygens (including phenoxy) is 1. The number of aliphatic carboxylic acids is 1. The number of likely N-dealkylation sites (tertiary alicyclic amines) is 1. The van der Waals surface area contributed by atoms with Crippen molar-refractivity contribution in [1.82, 2.24) is 20.1 Å². The third kappa shape index (κ3) is 5.75. The lowest BCUT2D eigenvalue weighted by atomic mass is 9.93. The number of hydrogen-bond acceptors (Lipinski definition) is 7. The minimum Gasteiger partial charge on any atom is -0.508 e. The first-order valence-electron chi connectivity index (χ1n) is 16.8. The van der Waals surface area contributed by atoms with Crippen LogP contribution < -0.4 is 10.1 Å². The van der Waals surface area contributed by atoms with E-state index in [1.54, 1.807) is 53.3 Å². The molecule has 7 rings (SSSR count). The van der Waals surface area contributed by atoms with Gasteiger partial charge >= 0.3 is 5.97 Å². The van der Waals surface area contributed by atoms with E-state index in [1.165, 1.54) is 0 Å². The molecular weight excluding hydrogens is 612 g/mol. The Kier molecular flexibility index (Phi) is 8.30. The number of aromatic nitrogens is 1. The summed E-state index contributed by atoms with van der Waals surface area (Å²) in [6.07, 6.45) is 9.00. The summed E-state index contributed by atoms with van der Waals surface area (Å²) in [6, 6.07) is 13.1. The van der Waals surface area contributed by atoms with Crippen LogP contribution in [-0.2, 0) is 14.4 Å². The Morgan fingerprint density at radius 3 is 2.56 bits per heavy atom. The average Bonchev–Trinajstić information content (AvgIpc) is 3.43. The number of benzene rings is 2. The quantitative estimate of drug-likeness (QED) is 0.352. The molecule has 2 saturated heterocycles. The van der Waals surface area contributed by atoms with Crippen molar-refractivity contribution in [3.8, 4) is 22.6 Å². The number of carbonyl (C=O) groups is 4. The van der Waals surface area contributed by atoms with Crippen LogP contribution in [0.1, 0.15) is 55.4 Å². The molecular formula is C37H40N4O7. The lowest BCUT2D eigenvalue weighted by molar-refractivity contribution is -0.145. The van der Waals surface area contributed by atoms with E-state index in [1.807, 2.05) is 24.3 Å². The summed E-state index contributed by atoms with van der Waals surface area (Å²) in [4.78, 5) is 62.2. The van der Waals surface area contributed by atoms with Crippen LogP contribution in [0.15, 0.2) is 60.7 Å². The van der Waals surface area contributed by atoms with Crippen LogP contribution in [0.25, 0.3) is 22.0 Å². The molecule has 3 amide bonds. The fourth-order valence-corrected chi connectivity index (χ4v) is 7.84. The summed E-state index contributed by atoms with van der Waals surface area (Å²) in [7, 11) is 1.56. The van der Waals surface area contributed by atoms with Gasteiger partial charge in [0.1, 0.15) is 28.8 Å². The Morgan fingerprint density at radius 2 is 1.79 bits per heavy atom. The third-order valence-corrected chi connectivity index (χ3v) is 10.6. The zero-order chi connectivity index (χ0) is 33.6. The molecule has 0 unspecified atom stereocenters. The second-order valence-electron chi connectivity index (χ2n) is 13.6. The van der Waals surface area contributed by atoms with Crippen molar-refractivity contribution in [1.29, 1.82) is 0 Å². The van der Waals surface area contributed by atoms with Gasteiger partial charge in [0.25, 0.3) is 5.91 Å². The van der Waals surface area contributed by atoms with Crippen molar-refractivity contribution in [2.75, 3.05) is 26.7 Å². The van der Waals surface area contributed by atoms with Gasteiger partial charge in [-0.3, -0.25) is 14.4 Å². The summed E-state index contributed by atoms with van der Waals surface area (Å²) in [5, 5.41) is 23.7. The van der Waals surface area contributed by atoms with E-state index in [2.05, 4.69) is 5.32 Å². The molecule has 11 nitrogen and oxygen atoms in total. The maximum atomic E-state index is 14.2. The van der Waals surface area contributed by atoms with Crippen molar-refractivity contribution in [3.63, 3.8) is 0 Å². The highest BCUT2D eigenvalue weighted by molar-refractivity contribution is 6.02. The van der Waals surface area contributed by atoms with Gasteiger partial charge in [-0.15, -0.1) is 0 Å². The Balaban J connectivity index is 1.18. The largest absolute Gasteiger partial charge is 0.508 e. The molecule has 0 radical (unpaired) electrons. The smallest absolute Gasteiger partial charge is 0.330 e. The van der Waals surface area contributed by atoms with Crippen LogP contribution in [-0.4, -0.2) is 87.0 Å². The van der Waals surface area contributed by atoms with E-state index in [4.69, 9.17) is 9.72 Å². The minimum atomic E-state index is -1.38. The Morgan fingerprint density at radius 1 is 1.00 bits per heavy atom. The van der Waals surface area contributed by atoms with Crippen LogP contribution in [0.3, 0.4) is 0 Å². The minimum absolute atomic E-state index is 0.101. The van der Waals surface area contributed by atoms with E-state index < -0.39 is 23.5 Å². The highest BCUT2D eigenvalue weighted by Gasteiger charge is 2.62. The molecule has 3 aromatic rings. The molecule has 1 aromatic heterocycles. The number of rotatable bonds is 4. The maximum absolute atomic E-state index is 14.2. The van der Waals surface area contributed by atoms with Crippen LogP contribution >= 0.6 is 0 Å². The number of methoxy groups -OCH3 is 1.